The van der Waals surface area contributed by atoms with Crippen molar-refractivity contribution in [3.8, 4) is 0 Å². The number of esters is 1. The minimum absolute atomic E-state index is 0.159. The van der Waals surface area contributed by atoms with Crippen LogP contribution in [0.15, 0.2) is 0 Å². The van der Waals surface area contributed by atoms with Crippen LogP contribution in [0.25, 0.3) is 0 Å². The lowest BCUT2D eigenvalue weighted by Gasteiger charge is -2.16. The molecule has 0 bridgehead atoms. The monoisotopic (exact) mass is 289 g/mol. The van der Waals surface area contributed by atoms with Crippen LogP contribution in [0.3, 0.4) is 0 Å². The molecular formula is C14H27NO5. The summed E-state index contributed by atoms with van der Waals surface area (Å²) in [7, 11) is 1.52. The van der Waals surface area contributed by atoms with E-state index >= 15 is 0 Å². The van der Waals surface area contributed by atoms with Crippen molar-refractivity contribution < 1.29 is 23.8 Å². The Labute approximate surface area is 121 Å². The largest absolute Gasteiger partial charge is 0.464 e. The molecule has 0 aliphatic heterocycles. The first-order valence-electron chi connectivity index (χ1n) is 7.24. The Morgan fingerprint density at radius 3 is 2.35 bits per heavy atom. The number of amides is 1. The van der Waals surface area contributed by atoms with Gasteiger partial charge >= 0.3 is 12.1 Å². The molecule has 0 fully saturated rings. The minimum atomic E-state index is -0.642. The summed E-state index contributed by atoms with van der Waals surface area (Å²) in [6.45, 7) is 4.90. The van der Waals surface area contributed by atoms with E-state index < -0.39 is 18.1 Å². The first kappa shape index (κ1) is 18.7. The number of hydrogen-bond acceptors (Lipinski definition) is 5. The third kappa shape index (κ3) is 9.61. The highest BCUT2D eigenvalue weighted by Crippen LogP contribution is 2.02. The molecule has 6 nitrogen and oxygen atoms in total. The van der Waals surface area contributed by atoms with Crippen LogP contribution in [-0.4, -0.2) is 45.0 Å². The van der Waals surface area contributed by atoms with Crippen molar-refractivity contribution in [1.29, 1.82) is 0 Å². The number of alkyl carbamates (subject to hydrolysis) is 1. The van der Waals surface area contributed by atoms with E-state index in [2.05, 4.69) is 12.2 Å². The fourth-order valence-electron chi connectivity index (χ4n) is 1.56. The normalized spacial score (nSPS) is 11.8. The van der Waals surface area contributed by atoms with Crippen LogP contribution in [0, 0.1) is 0 Å². The molecule has 1 atom stereocenters. The topological polar surface area (TPSA) is 73.9 Å². The summed E-state index contributed by atoms with van der Waals surface area (Å²) in [4.78, 5) is 23.3. The van der Waals surface area contributed by atoms with Gasteiger partial charge in [-0.05, 0) is 12.8 Å². The van der Waals surface area contributed by atoms with E-state index in [1.54, 1.807) is 0 Å². The van der Waals surface area contributed by atoms with Crippen LogP contribution in [0.4, 0.5) is 4.79 Å². The van der Waals surface area contributed by atoms with Crippen LogP contribution in [0.1, 0.15) is 46.0 Å². The lowest BCUT2D eigenvalue weighted by atomic mass is 10.2. The molecule has 0 aromatic carbocycles. The fourth-order valence-corrected chi connectivity index (χ4v) is 1.56. The molecule has 0 aromatic rings. The van der Waals surface area contributed by atoms with Crippen molar-refractivity contribution in [2.75, 3.05) is 26.9 Å². The molecule has 0 radical (unpaired) electrons. The number of nitrogens with one attached hydrogen (secondary N) is 1. The van der Waals surface area contributed by atoms with Crippen LogP contribution < -0.4 is 5.32 Å². The second-order valence-electron chi connectivity index (χ2n) is 4.49. The quantitative estimate of drug-likeness (QED) is 0.466. The molecule has 20 heavy (non-hydrogen) atoms. The summed E-state index contributed by atoms with van der Waals surface area (Å²) in [5.41, 5.74) is 0. The average molecular weight is 289 g/mol. The first-order valence-corrected chi connectivity index (χ1v) is 7.24. The molecule has 0 aromatic heterocycles. The Kier molecular flexibility index (Phi) is 11.9. The molecule has 0 saturated heterocycles. The number of carbonyl (C=O) groups is 2. The highest BCUT2D eigenvalue weighted by molar-refractivity contribution is 5.81. The van der Waals surface area contributed by atoms with Crippen LogP contribution in [0.5, 0.6) is 0 Å². The second-order valence-corrected chi connectivity index (χ2v) is 4.49. The van der Waals surface area contributed by atoms with Crippen LogP contribution >= 0.6 is 0 Å². The number of carbonyl (C=O) groups excluding carboxylic acids is 2. The summed E-state index contributed by atoms with van der Waals surface area (Å²) < 4.78 is 14.8. The van der Waals surface area contributed by atoms with Gasteiger partial charge in [-0.25, -0.2) is 9.59 Å². The Balaban J connectivity index is 4.05. The molecule has 1 unspecified atom stereocenters. The highest BCUT2D eigenvalue weighted by Gasteiger charge is 2.21. The highest BCUT2D eigenvalue weighted by atomic mass is 16.6. The van der Waals surface area contributed by atoms with Crippen molar-refractivity contribution in [2.24, 2.45) is 0 Å². The number of rotatable bonds is 11. The van der Waals surface area contributed by atoms with Gasteiger partial charge < -0.3 is 19.5 Å². The van der Waals surface area contributed by atoms with E-state index in [9.17, 15) is 9.59 Å². The Bertz CT molecular complexity index is 270. The zero-order chi connectivity index (χ0) is 15.2. The lowest BCUT2D eigenvalue weighted by molar-refractivity contribution is -0.146. The minimum Gasteiger partial charge on any atom is -0.464 e. The summed E-state index contributed by atoms with van der Waals surface area (Å²) in [6.07, 6.45) is 3.63. The predicted molar refractivity (Wildman–Crippen MR) is 75.5 cm³/mol. The van der Waals surface area contributed by atoms with Gasteiger partial charge in [-0.3, -0.25) is 0 Å². The Hall–Kier alpha value is -1.30. The predicted octanol–water partition coefficient (Wildman–Crippen LogP) is 2.26. The molecule has 0 rings (SSSR count). The Morgan fingerprint density at radius 1 is 1.00 bits per heavy atom. The van der Waals surface area contributed by atoms with Gasteiger partial charge in [0.25, 0.3) is 0 Å². The van der Waals surface area contributed by atoms with E-state index in [1.807, 2.05) is 6.92 Å². The number of unbranched alkanes of at least 4 members (excludes halogenated alkanes) is 2. The molecule has 1 N–H and O–H groups in total. The molecule has 1 amide bonds. The van der Waals surface area contributed by atoms with Crippen molar-refractivity contribution in [3.63, 3.8) is 0 Å². The summed E-state index contributed by atoms with van der Waals surface area (Å²) in [5, 5.41) is 2.53. The maximum absolute atomic E-state index is 11.8. The molecule has 0 saturated carbocycles. The number of hydrogen-bond donors (Lipinski definition) is 1. The first-order chi connectivity index (χ1) is 9.65. The van der Waals surface area contributed by atoms with Crippen molar-refractivity contribution in [3.05, 3.63) is 0 Å². The zero-order valence-electron chi connectivity index (χ0n) is 12.8. The molecule has 118 valence electrons. The fraction of sp³-hybridized carbons (Fsp3) is 0.857. The van der Waals surface area contributed by atoms with Crippen molar-refractivity contribution in [2.45, 2.75) is 52.0 Å². The lowest BCUT2D eigenvalue weighted by Crippen LogP contribution is -2.42. The van der Waals surface area contributed by atoms with Gasteiger partial charge in [0.2, 0.25) is 0 Å². The van der Waals surface area contributed by atoms with E-state index in [1.165, 1.54) is 7.11 Å². The van der Waals surface area contributed by atoms with E-state index in [-0.39, 0.29) is 6.61 Å². The summed E-state index contributed by atoms with van der Waals surface area (Å²) in [5.74, 6) is -0.397. The van der Waals surface area contributed by atoms with Gasteiger partial charge in [0.15, 0.2) is 0 Å². The van der Waals surface area contributed by atoms with Gasteiger partial charge in [0.1, 0.15) is 12.6 Å². The molecular weight excluding hydrogens is 262 g/mol. The maximum Gasteiger partial charge on any atom is 0.407 e. The van der Waals surface area contributed by atoms with Crippen molar-refractivity contribution in [1.82, 2.24) is 5.32 Å². The van der Waals surface area contributed by atoms with E-state index in [4.69, 9.17) is 14.2 Å². The molecule has 0 aliphatic rings. The van der Waals surface area contributed by atoms with Crippen molar-refractivity contribution >= 4 is 12.1 Å². The van der Waals surface area contributed by atoms with Crippen LogP contribution in [-0.2, 0) is 19.0 Å². The van der Waals surface area contributed by atoms with E-state index in [0.29, 0.717) is 19.6 Å². The third-order valence-corrected chi connectivity index (χ3v) is 2.67. The van der Waals surface area contributed by atoms with Gasteiger partial charge in [-0.2, -0.15) is 0 Å². The Morgan fingerprint density at radius 2 is 1.75 bits per heavy atom. The number of methoxy groups -OCH3 is 1. The molecule has 0 heterocycles. The van der Waals surface area contributed by atoms with Gasteiger partial charge in [-0.1, -0.05) is 33.1 Å². The molecule has 0 spiro atoms. The molecule has 0 aliphatic carbocycles. The SMILES string of the molecule is CCCCCOC(=O)C(CCC)NC(=O)OCCOC. The number of ether oxygens (including phenoxy) is 3. The van der Waals surface area contributed by atoms with E-state index in [0.717, 1.165) is 25.7 Å². The van der Waals surface area contributed by atoms with Gasteiger partial charge in [-0.15, -0.1) is 0 Å². The van der Waals surface area contributed by atoms with Gasteiger partial charge in [0.05, 0.1) is 13.2 Å². The third-order valence-electron chi connectivity index (χ3n) is 2.67. The molecule has 6 heteroatoms. The standard InChI is InChI=1S/C14H27NO5/c1-4-6-7-9-19-13(16)12(8-5-2)15-14(17)20-11-10-18-3/h12H,4-11H2,1-3H3,(H,15,17). The van der Waals surface area contributed by atoms with Crippen LogP contribution in [0.2, 0.25) is 0 Å². The second kappa shape index (κ2) is 12.7. The summed E-state index contributed by atoms with van der Waals surface area (Å²) in [6, 6.07) is -0.642. The smallest absolute Gasteiger partial charge is 0.407 e. The van der Waals surface area contributed by atoms with Gasteiger partial charge in [0, 0.05) is 7.11 Å². The zero-order valence-corrected chi connectivity index (χ0v) is 12.8. The maximum atomic E-state index is 11.8. The average Bonchev–Trinajstić information content (AvgIpc) is 2.43. The summed E-state index contributed by atoms with van der Waals surface area (Å²) >= 11 is 0.